The fraction of sp³-hybridized carbons (Fsp3) is 0.614. The van der Waals surface area contributed by atoms with Gasteiger partial charge >= 0.3 is 0 Å². The molecule has 0 aliphatic carbocycles. The van der Waals surface area contributed by atoms with E-state index in [1.54, 1.807) is 52.6 Å². The fourth-order valence-corrected chi connectivity index (χ4v) is 24.3. The van der Waals surface area contributed by atoms with Crippen molar-refractivity contribution in [3.63, 3.8) is 0 Å². The molecule has 28 nitrogen and oxygen atoms in total. The molecule has 8 fully saturated rings. The number of aromatic nitrogens is 9. The largest absolute Gasteiger partial charge is 0.481 e. The van der Waals surface area contributed by atoms with E-state index >= 15 is 0 Å². The molecule has 660 valence electrons. The number of pyridine rings is 3. The molecule has 0 atom stereocenters. The van der Waals surface area contributed by atoms with E-state index in [9.17, 15) is 35.2 Å². The van der Waals surface area contributed by atoms with Crippen LogP contribution in [0.2, 0.25) is 0 Å². The molecule has 34 heteroatoms. The van der Waals surface area contributed by atoms with E-state index in [2.05, 4.69) is 73.4 Å². The Labute approximate surface area is 731 Å². The molecule has 1 N–H and O–H groups in total. The lowest BCUT2D eigenvalue weighted by Crippen LogP contribution is -2.55. The molecule has 0 unspecified atom stereocenters. The van der Waals surface area contributed by atoms with Gasteiger partial charge in [0.2, 0.25) is 41.4 Å². The molecular weight excluding hydrogens is 1660 g/mol. The van der Waals surface area contributed by atoms with Crippen LogP contribution in [0, 0.1) is 19.8 Å². The van der Waals surface area contributed by atoms with Gasteiger partial charge in [-0.3, -0.25) is 19.5 Å². The van der Waals surface area contributed by atoms with Gasteiger partial charge in [-0.15, -0.1) is 34.0 Å². The van der Waals surface area contributed by atoms with Crippen molar-refractivity contribution in [2.24, 2.45) is 5.92 Å². The number of amides is 1. The number of carbonyl (C=O) groups excluding carboxylic acids is 1. The van der Waals surface area contributed by atoms with Gasteiger partial charge < -0.3 is 43.8 Å². The molecule has 9 aromatic heterocycles. The van der Waals surface area contributed by atoms with E-state index < -0.39 is 35.1 Å². The second kappa shape index (κ2) is 38.8. The Morgan fingerprint density at radius 2 is 0.811 bits per heavy atom. The molecule has 17 heterocycles. The third-order valence-electron chi connectivity index (χ3n) is 25.4. The van der Waals surface area contributed by atoms with Crippen LogP contribution in [0.1, 0.15) is 179 Å². The average molecular weight is 1790 g/mol. The van der Waals surface area contributed by atoms with E-state index in [0.717, 1.165) is 251 Å². The van der Waals surface area contributed by atoms with Crippen LogP contribution >= 0.6 is 34.0 Å². The normalized spacial score (nSPS) is 19.1. The minimum absolute atomic E-state index is 0.132. The summed E-state index contributed by atoms with van der Waals surface area (Å²) in [6, 6.07) is 6.66. The van der Waals surface area contributed by atoms with Crippen molar-refractivity contribution < 1.29 is 49.4 Å². The van der Waals surface area contributed by atoms with Crippen molar-refractivity contribution >= 4 is 118 Å². The van der Waals surface area contributed by atoms with E-state index in [1.807, 2.05) is 32.0 Å². The number of sulfone groups is 3. The highest BCUT2D eigenvalue weighted by Gasteiger charge is 2.39. The van der Waals surface area contributed by atoms with Gasteiger partial charge in [-0.05, 0) is 187 Å². The van der Waals surface area contributed by atoms with E-state index in [1.165, 1.54) is 131 Å². The maximum Gasteiger partial charge on any atom is 0.226 e. The number of hydrogen-bond acceptors (Lipinski definition) is 30. The summed E-state index contributed by atoms with van der Waals surface area (Å²) < 4.78 is 92.2. The lowest BCUT2D eigenvalue weighted by molar-refractivity contribution is -0.136. The predicted molar refractivity (Wildman–Crippen MR) is 488 cm³/mol. The van der Waals surface area contributed by atoms with Crippen molar-refractivity contribution in [3.05, 3.63) is 85.3 Å². The molecule has 0 radical (unpaired) electrons. The topological polar surface area (TPSA) is 309 Å². The van der Waals surface area contributed by atoms with Crippen LogP contribution in [0.15, 0.2) is 42.2 Å². The number of thiophene rings is 3. The fourth-order valence-electron chi connectivity index (χ4n) is 18.7. The van der Waals surface area contributed by atoms with Gasteiger partial charge in [0.15, 0.2) is 29.5 Å². The minimum Gasteiger partial charge on any atom is -0.481 e. The number of aryl methyl sites for hydroxylation is 2. The second-order valence-corrected chi connectivity index (χ2v) is 45.2. The summed E-state index contributed by atoms with van der Waals surface area (Å²) in [6.45, 7) is 25.4. The number of piperidine rings is 7. The average Bonchev–Trinajstić information content (AvgIpc) is 1.59. The Bertz CT molecular complexity index is 5560. The van der Waals surface area contributed by atoms with Crippen molar-refractivity contribution in [2.75, 3.05) is 153 Å². The highest BCUT2D eigenvalue weighted by atomic mass is 32.2. The van der Waals surface area contributed by atoms with Crippen LogP contribution in [0.25, 0.3) is 64.4 Å². The third kappa shape index (κ3) is 21.6. The molecule has 9 aromatic rings. The van der Waals surface area contributed by atoms with E-state index in [4.69, 9.17) is 44.1 Å². The standard InChI is InChI=1S/C31H42N6O4S2.C30H42N6O3S2.C27H37N5O4S2/c1-21-25(19-35-15-10-24(11-16-35)37-14-8-5-9-26(37)38)28-29(42-21)27(33-31(34-28)36-12-6-4-7-13-36)22-17-23(20-43(3,39)40)30(41-2)32-18-22;1-39-29-23(21-41(2,37)38)17-22(18-31-29)26-28-27(33-30(32-26)36-13-7-4-8-14-36)24(20-40-28)19-34-15-9-25(10-16-34)35-11-5-3-6-12-35;1-17-21(15-31-13-20(14-31)27(2,3)33)23-24(37-17)22(29-26(30-23)32-9-7-6-8-10-32)18-11-19(16-38(5,34)35)25(36-4)28-12-18/h17-18,24H,4-16,19-20H2,1-3H3;17-18,20,25H,3-16,19,21H2,1-2H3;11-12,20,33H,6-10,13-16H2,1-5H3. The van der Waals surface area contributed by atoms with Crippen LogP contribution in [0.3, 0.4) is 0 Å². The zero-order chi connectivity index (χ0) is 85.8. The van der Waals surface area contributed by atoms with Gasteiger partial charge in [0.05, 0.1) is 91.9 Å². The van der Waals surface area contributed by atoms with Crippen LogP contribution < -0.4 is 28.9 Å². The zero-order valence-electron chi connectivity index (χ0n) is 72.6. The summed E-state index contributed by atoms with van der Waals surface area (Å²) in [5, 5.41) is 12.6. The van der Waals surface area contributed by atoms with E-state index in [-0.39, 0.29) is 23.2 Å². The van der Waals surface area contributed by atoms with Gasteiger partial charge in [0.1, 0.15) is 0 Å². The number of fused-ring (bicyclic) bond motifs is 3. The number of nitrogens with zero attached hydrogens (tertiary/aromatic N) is 17. The first-order valence-electron chi connectivity index (χ1n) is 43.7. The number of aliphatic hydroxyl groups is 1. The van der Waals surface area contributed by atoms with Crippen molar-refractivity contribution in [1.29, 1.82) is 0 Å². The van der Waals surface area contributed by atoms with Crippen LogP contribution in [0.5, 0.6) is 17.6 Å². The highest BCUT2D eigenvalue weighted by molar-refractivity contribution is 7.90. The van der Waals surface area contributed by atoms with Crippen LogP contribution in [-0.2, 0) is 71.2 Å². The number of likely N-dealkylation sites (tertiary alicyclic amines) is 5. The molecule has 1 amide bonds. The molecule has 122 heavy (non-hydrogen) atoms. The summed E-state index contributed by atoms with van der Waals surface area (Å²) in [7, 11) is -5.32. The number of rotatable bonds is 24. The minimum atomic E-state index is -3.30. The summed E-state index contributed by atoms with van der Waals surface area (Å²) in [4.78, 5) is 78.2. The highest BCUT2D eigenvalue weighted by Crippen LogP contribution is 2.44. The van der Waals surface area contributed by atoms with Gasteiger partial charge in [-0.25, -0.2) is 70.1 Å². The lowest BCUT2D eigenvalue weighted by atomic mass is 9.84. The Morgan fingerprint density at radius 1 is 0.443 bits per heavy atom. The second-order valence-electron chi connectivity index (χ2n) is 35.4. The lowest BCUT2D eigenvalue weighted by Gasteiger charge is -2.45. The molecule has 8 aliphatic rings. The van der Waals surface area contributed by atoms with Gasteiger partial charge in [-0.1, -0.05) is 6.42 Å². The third-order valence-corrected chi connectivity index (χ3v) is 31.2. The monoisotopic (exact) mass is 1780 g/mol. The van der Waals surface area contributed by atoms with E-state index in [0.29, 0.717) is 58.6 Å². The molecule has 8 saturated heterocycles. The smallest absolute Gasteiger partial charge is 0.226 e. The quantitative estimate of drug-likeness (QED) is 0.0587. The Morgan fingerprint density at radius 3 is 1.20 bits per heavy atom. The molecule has 8 aliphatic heterocycles. The van der Waals surface area contributed by atoms with Crippen LogP contribution in [0.4, 0.5) is 17.8 Å². The first kappa shape index (κ1) is 89.3. The van der Waals surface area contributed by atoms with Crippen molar-refractivity contribution in [2.45, 2.75) is 204 Å². The zero-order valence-corrected chi connectivity index (χ0v) is 77.5. The van der Waals surface area contributed by atoms with Gasteiger partial charge in [0, 0.05) is 213 Å². The molecule has 0 spiro atoms. The first-order valence-corrected chi connectivity index (χ1v) is 52.4. The molecule has 0 saturated carbocycles. The Kier molecular flexibility index (Phi) is 28.4. The molecule has 17 rings (SSSR count). The summed E-state index contributed by atoms with van der Waals surface area (Å²) in [6.07, 6.45) is 30.7. The molecular formula is C88H121N17O11S6. The number of carbonyl (C=O) groups is 1. The van der Waals surface area contributed by atoms with Crippen molar-refractivity contribution in [3.8, 4) is 51.4 Å². The molecule has 0 aromatic carbocycles. The van der Waals surface area contributed by atoms with Crippen LogP contribution in [-0.4, -0.2) is 262 Å². The summed E-state index contributed by atoms with van der Waals surface area (Å²) in [5.74, 6) is 3.30. The number of hydrogen-bond donors (Lipinski definition) is 1. The SMILES string of the molecule is COc1ncc(-c2nc(N3CCCCC3)nc3c(CN4CC(C(C)(C)O)C4)c(C)sc23)cc1CS(C)(=O)=O.COc1ncc(-c2nc(N3CCCCC3)nc3c(CN4CCC(N5CCCCC5)CC4)csc23)cc1CS(C)(=O)=O.COc1ncc(-c2nc(N3CCCCC3)nc3c(CN4CCC(N5CCCCC5=O)CC4)c(C)sc23)cc1CS(C)(=O)=O. The van der Waals surface area contributed by atoms with Crippen molar-refractivity contribution in [1.82, 2.24) is 69.4 Å². The maximum absolute atomic E-state index is 12.5. The maximum atomic E-state index is 12.5. The first-order chi connectivity index (χ1) is 58.5. The number of anilines is 3. The Hall–Kier alpha value is -7.51. The Balaban J connectivity index is 0.000000142. The van der Waals surface area contributed by atoms with Gasteiger partial charge in [-0.2, -0.15) is 0 Å². The van der Waals surface area contributed by atoms with Gasteiger partial charge in [0.25, 0.3) is 0 Å². The predicted octanol–water partition coefficient (Wildman–Crippen LogP) is 13.1. The summed E-state index contributed by atoms with van der Waals surface area (Å²) in [5.41, 5.74) is 12.2. The molecule has 0 bridgehead atoms. The number of ether oxygens (including phenoxy) is 3. The summed E-state index contributed by atoms with van der Waals surface area (Å²) >= 11 is 5.04. The number of methoxy groups -OCH3 is 3.